The molecule has 2 aromatic heterocycles. The molecule has 0 bridgehead atoms. The summed E-state index contributed by atoms with van der Waals surface area (Å²) in [7, 11) is 0. The Kier molecular flexibility index (Phi) is 7.42. The molecule has 2 heterocycles. The SMILES string of the molecule is CC1(C)c2ccccc2-c2ccc(-c3c4oc5c(N(c6ccc7c(c6)C(C)(C)c6ccccc6-7)c6ccccc6-c6ccccc6)cccc5c4cc4oc5ccccc5c34)cc21. The first-order chi connectivity index (χ1) is 30.8. The average Bonchev–Trinajstić information content (AvgIpc) is 4.01. The van der Waals surface area contributed by atoms with E-state index in [9.17, 15) is 0 Å². The Hall–Kier alpha value is -7.62. The van der Waals surface area contributed by atoms with E-state index in [2.05, 4.69) is 215 Å². The fourth-order valence-corrected chi connectivity index (χ4v) is 11.2. The summed E-state index contributed by atoms with van der Waals surface area (Å²) in [5, 5.41) is 4.21. The molecule has 3 nitrogen and oxygen atoms in total. The first kappa shape index (κ1) is 36.1. The molecule has 63 heavy (non-hydrogen) atoms. The molecule has 13 rings (SSSR count). The number of nitrogens with zero attached hydrogens (tertiary/aromatic N) is 1. The van der Waals surface area contributed by atoms with Crippen LogP contribution in [-0.2, 0) is 10.8 Å². The van der Waals surface area contributed by atoms with Gasteiger partial charge < -0.3 is 13.7 Å². The number of para-hydroxylation sites is 3. The monoisotopic (exact) mass is 809 g/mol. The van der Waals surface area contributed by atoms with E-state index in [0.29, 0.717) is 0 Å². The smallest absolute Gasteiger partial charge is 0.159 e. The van der Waals surface area contributed by atoms with Crippen LogP contribution in [0.1, 0.15) is 49.9 Å². The third-order valence-corrected chi connectivity index (χ3v) is 14.3. The van der Waals surface area contributed by atoms with Gasteiger partial charge in [-0.05, 0) is 98.1 Å². The van der Waals surface area contributed by atoms with Crippen molar-refractivity contribution in [2.45, 2.75) is 38.5 Å². The van der Waals surface area contributed by atoms with Gasteiger partial charge in [-0.3, -0.25) is 0 Å². The van der Waals surface area contributed by atoms with Gasteiger partial charge in [-0.25, -0.2) is 0 Å². The van der Waals surface area contributed by atoms with Gasteiger partial charge in [0.05, 0.1) is 11.4 Å². The Morgan fingerprint density at radius 2 is 0.952 bits per heavy atom. The highest BCUT2D eigenvalue weighted by Gasteiger charge is 2.38. The molecule has 0 N–H and O–H groups in total. The molecular formula is C60H43NO2. The second-order valence-electron chi connectivity index (χ2n) is 18.4. The van der Waals surface area contributed by atoms with E-state index in [0.717, 1.165) is 83.2 Å². The summed E-state index contributed by atoms with van der Waals surface area (Å²) < 4.78 is 14.2. The van der Waals surface area contributed by atoms with Crippen molar-refractivity contribution in [2.75, 3.05) is 4.90 Å². The van der Waals surface area contributed by atoms with Crippen molar-refractivity contribution in [1.29, 1.82) is 0 Å². The molecule has 0 atom stereocenters. The molecule has 2 aliphatic rings. The molecule has 0 spiro atoms. The second kappa shape index (κ2) is 13.0. The molecule has 0 amide bonds. The van der Waals surface area contributed by atoms with Crippen molar-refractivity contribution in [3.05, 3.63) is 210 Å². The predicted molar refractivity (Wildman–Crippen MR) is 262 cm³/mol. The molecule has 0 saturated heterocycles. The van der Waals surface area contributed by atoms with E-state index in [1.807, 2.05) is 6.07 Å². The first-order valence-electron chi connectivity index (χ1n) is 22.0. The summed E-state index contributed by atoms with van der Waals surface area (Å²) in [6.45, 7) is 9.39. The van der Waals surface area contributed by atoms with Crippen molar-refractivity contribution < 1.29 is 8.83 Å². The number of benzene rings is 9. The van der Waals surface area contributed by atoms with Crippen molar-refractivity contribution in [3.63, 3.8) is 0 Å². The minimum Gasteiger partial charge on any atom is -0.456 e. The molecular weight excluding hydrogens is 767 g/mol. The summed E-state index contributed by atoms with van der Waals surface area (Å²) in [6.07, 6.45) is 0. The second-order valence-corrected chi connectivity index (χ2v) is 18.4. The first-order valence-corrected chi connectivity index (χ1v) is 22.0. The van der Waals surface area contributed by atoms with Crippen LogP contribution in [0, 0.1) is 0 Å². The van der Waals surface area contributed by atoms with Crippen molar-refractivity contribution in [1.82, 2.24) is 0 Å². The molecule has 0 aliphatic heterocycles. The lowest BCUT2D eigenvalue weighted by atomic mass is 9.81. The van der Waals surface area contributed by atoms with E-state index in [1.165, 1.54) is 44.5 Å². The van der Waals surface area contributed by atoms with E-state index in [4.69, 9.17) is 8.83 Å². The maximum atomic E-state index is 7.50. The topological polar surface area (TPSA) is 29.5 Å². The highest BCUT2D eigenvalue weighted by atomic mass is 16.3. The average molecular weight is 810 g/mol. The van der Waals surface area contributed by atoms with Crippen LogP contribution in [0.4, 0.5) is 17.1 Å². The quantitative estimate of drug-likeness (QED) is 0.173. The van der Waals surface area contributed by atoms with Crippen LogP contribution in [0.25, 0.3) is 88.4 Å². The number of rotatable bonds is 5. The van der Waals surface area contributed by atoms with Gasteiger partial charge in [0.15, 0.2) is 5.58 Å². The van der Waals surface area contributed by atoms with Gasteiger partial charge in [0.25, 0.3) is 0 Å². The van der Waals surface area contributed by atoms with Crippen LogP contribution in [0.3, 0.4) is 0 Å². The number of fused-ring (bicyclic) bond motifs is 12. The highest BCUT2D eigenvalue weighted by Crippen LogP contribution is 2.55. The van der Waals surface area contributed by atoms with Crippen molar-refractivity contribution >= 4 is 60.9 Å². The Bertz CT molecular complexity index is 3690. The maximum absolute atomic E-state index is 7.50. The number of hydrogen-bond donors (Lipinski definition) is 0. The van der Waals surface area contributed by atoms with Crippen molar-refractivity contribution in [2.24, 2.45) is 0 Å². The standard InChI is InChI=1S/C60H43NO2/c1-59(2)47-24-12-8-20-40(47)42-31-29-37(33-49(42)59)55-56-45-22-11-15-28-53(45)62-54(56)35-46-44-23-16-27-52(57(44)63-58(46)55)61(51-26-14-10-19-39(51)36-17-6-5-7-18-36)38-30-32-43-41-21-9-13-25-48(41)60(3,4)50(43)34-38/h5-35H,1-4H3. The lowest BCUT2D eigenvalue weighted by Crippen LogP contribution is -2.17. The number of anilines is 3. The molecule has 0 unspecified atom stereocenters. The number of hydrogen-bond acceptors (Lipinski definition) is 3. The lowest BCUT2D eigenvalue weighted by molar-refractivity contribution is 0.659. The number of furan rings is 2. The molecule has 0 fully saturated rings. The van der Waals surface area contributed by atoms with Gasteiger partial charge in [0, 0.05) is 49.2 Å². The van der Waals surface area contributed by atoms with Gasteiger partial charge in [-0.2, -0.15) is 0 Å². The van der Waals surface area contributed by atoms with E-state index in [-0.39, 0.29) is 10.8 Å². The largest absolute Gasteiger partial charge is 0.456 e. The normalized spacial score (nSPS) is 14.3. The molecule has 0 saturated carbocycles. The van der Waals surface area contributed by atoms with Crippen LogP contribution >= 0.6 is 0 Å². The highest BCUT2D eigenvalue weighted by molar-refractivity contribution is 6.24. The minimum absolute atomic E-state index is 0.160. The zero-order valence-electron chi connectivity index (χ0n) is 35.7. The van der Waals surface area contributed by atoms with Crippen LogP contribution in [0.5, 0.6) is 0 Å². The molecule has 0 radical (unpaired) electrons. The van der Waals surface area contributed by atoms with Crippen LogP contribution < -0.4 is 4.90 Å². The summed E-state index contributed by atoms with van der Waals surface area (Å²) in [5.74, 6) is 0. The minimum atomic E-state index is -0.171. The summed E-state index contributed by atoms with van der Waals surface area (Å²) >= 11 is 0. The van der Waals surface area contributed by atoms with E-state index < -0.39 is 0 Å². The molecule has 300 valence electrons. The zero-order chi connectivity index (χ0) is 42.2. The Morgan fingerprint density at radius 3 is 1.71 bits per heavy atom. The Morgan fingerprint density at radius 1 is 0.365 bits per heavy atom. The Labute approximate surface area is 366 Å². The van der Waals surface area contributed by atoms with Crippen LogP contribution in [0.2, 0.25) is 0 Å². The third-order valence-electron chi connectivity index (χ3n) is 14.3. The summed E-state index contributed by atoms with van der Waals surface area (Å²) in [5.41, 5.74) is 21.2. The fourth-order valence-electron chi connectivity index (χ4n) is 11.2. The van der Waals surface area contributed by atoms with Gasteiger partial charge in [0.1, 0.15) is 16.7 Å². The van der Waals surface area contributed by atoms with E-state index in [1.54, 1.807) is 0 Å². The fraction of sp³-hybridized carbons (Fsp3) is 0.100. The third kappa shape index (κ3) is 5.02. The van der Waals surface area contributed by atoms with Gasteiger partial charge >= 0.3 is 0 Å². The van der Waals surface area contributed by atoms with E-state index >= 15 is 0 Å². The summed E-state index contributed by atoms with van der Waals surface area (Å²) in [6, 6.07) is 68.4. The Balaban J connectivity index is 1.10. The van der Waals surface area contributed by atoms with Gasteiger partial charge in [-0.15, -0.1) is 0 Å². The summed E-state index contributed by atoms with van der Waals surface area (Å²) in [4.78, 5) is 2.42. The molecule has 3 heteroatoms. The van der Waals surface area contributed by atoms with Gasteiger partial charge in [0.2, 0.25) is 0 Å². The lowest BCUT2D eigenvalue weighted by Gasteiger charge is -2.29. The van der Waals surface area contributed by atoms with Gasteiger partial charge in [-0.1, -0.05) is 173 Å². The van der Waals surface area contributed by atoms with Crippen LogP contribution in [-0.4, -0.2) is 0 Å². The molecule has 2 aliphatic carbocycles. The molecule has 9 aromatic carbocycles. The van der Waals surface area contributed by atoms with Crippen LogP contribution in [0.15, 0.2) is 197 Å². The predicted octanol–water partition coefficient (Wildman–Crippen LogP) is 16.9. The van der Waals surface area contributed by atoms with Crippen molar-refractivity contribution in [3.8, 4) is 44.5 Å². The zero-order valence-corrected chi connectivity index (χ0v) is 35.7. The molecule has 11 aromatic rings. The maximum Gasteiger partial charge on any atom is 0.159 e.